The maximum Gasteiger partial charge on any atom is 0.294 e. The first-order valence-corrected chi connectivity index (χ1v) is 5.16. The Hall–Kier alpha value is -0.750. The summed E-state index contributed by atoms with van der Waals surface area (Å²) in [5.74, 6) is -0.335. The van der Waals surface area contributed by atoms with Gasteiger partial charge in [0.1, 0.15) is 0 Å². The summed E-state index contributed by atoms with van der Waals surface area (Å²) in [5.41, 5.74) is -0.100. The molecule has 1 aromatic carbocycles. The Labute approximate surface area is 96.7 Å². The van der Waals surface area contributed by atoms with E-state index in [4.69, 9.17) is 0 Å². The molecule has 0 amide bonds. The Kier molecular flexibility index (Phi) is 3.38. The molecule has 1 rings (SSSR count). The van der Waals surface area contributed by atoms with Crippen LogP contribution < -0.4 is 0 Å². The summed E-state index contributed by atoms with van der Waals surface area (Å²) in [6, 6.07) is 2.97. The van der Waals surface area contributed by atoms with E-state index < -0.39 is 4.92 Å². The van der Waals surface area contributed by atoms with Crippen LogP contribution in [-0.4, -0.2) is 10.7 Å². The number of carbonyl (C=O) groups excluding carboxylic acids is 1. The topological polar surface area (TPSA) is 60.2 Å². The molecular formula is C8H5Br2NO3. The van der Waals surface area contributed by atoms with Crippen molar-refractivity contribution in [2.45, 2.75) is 6.92 Å². The zero-order valence-electron chi connectivity index (χ0n) is 7.08. The van der Waals surface area contributed by atoms with Crippen LogP contribution in [0.4, 0.5) is 5.69 Å². The van der Waals surface area contributed by atoms with Gasteiger partial charge in [-0.3, -0.25) is 14.9 Å². The van der Waals surface area contributed by atoms with E-state index >= 15 is 0 Å². The average Bonchev–Trinajstić information content (AvgIpc) is 2.01. The van der Waals surface area contributed by atoms with Gasteiger partial charge in [0, 0.05) is 4.47 Å². The molecule has 0 bridgehead atoms. The Morgan fingerprint density at radius 1 is 1.43 bits per heavy atom. The van der Waals surface area contributed by atoms with Crippen LogP contribution in [0.25, 0.3) is 0 Å². The Morgan fingerprint density at radius 2 is 2.00 bits per heavy atom. The third-order valence-electron chi connectivity index (χ3n) is 1.59. The highest BCUT2D eigenvalue weighted by Crippen LogP contribution is 2.32. The first kappa shape index (κ1) is 11.3. The maximum atomic E-state index is 11.1. The lowest BCUT2D eigenvalue weighted by Crippen LogP contribution is -2.01. The molecule has 4 nitrogen and oxygen atoms in total. The third kappa shape index (κ3) is 2.19. The molecule has 0 aliphatic rings. The molecule has 0 aliphatic heterocycles. The number of Topliss-reactive ketones (excluding diaryl/α,β-unsaturated/α-hetero) is 1. The molecule has 0 fully saturated rings. The molecule has 0 aromatic heterocycles. The van der Waals surface area contributed by atoms with Crippen LogP contribution >= 0.6 is 31.9 Å². The second kappa shape index (κ2) is 4.18. The number of nitrogens with zero attached hydrogens (tertiary/aromatic N) is 1. The van der Waals surface area contributed by atoms with Gasteiger partial charge < -0.3 is 0 Å². The van der Waals surface area contributed by atoms with Crippen molar-refractivity contribution in [3.8, 4) is 0 Å². The van der Waals surface area contributed by atoms with Gasteiger partial charge in [-0.2, -0.15) is 0 Å². The summed E-state index contributed by atoms with van der Waals surface area (Å²) in [6.45, 7) is 1.29. The zero-order chi connectivity index (χ0) is 10.9. The monoisotopic (exact) mass is 321 g/mol. The Morgan fingerprint density at radius 3 is 2.43 bits per heavy atom. The largest absolute Gasteiger partial charge is 0.294 e. The van der Waals surface area contributed by atoms with Crippen molar-refractivity contribution in [2.24, 2.45) is 0 Å². The van der Waals surface area contributed by atoms with Gasteiger partial charge >= 0.3 is 0 Å². The average molecular weight is 323 g/mol. The van der Waals surface area contributed by atoms with Crippen molar-refractivity contribution in [1.29, 1.82) is 0 Å². The number of nitro benzene ring substituents is 1. The van der Waals surface area contributed by atoms with Crippen molar-refractivity contribution in [2.75, 3.05) is 0 Å². The molecule has 14 heavy (non-hydrogen) atoms. The predicted octanol–water partition coefficient (Wildman–Crippen LogP) is 3.32. The predicted molar refractivity (Wildman–Crippen MR) is 58.5 cm³/mol. The standard InChI is InChI=1S/C8H5Br2NO3/c1-4(12)6-2-5(9)3-7(10)8(6)11(13)14/h2-3H,1H3. The van der Waals surface area contributed by atoms with E-state index in [1.807, 2.05) is 0 Å². The molecule has 0 unspecified atom stereocenters. The van der Waals surface area contributed by atoms with Gasteiger partial charge in [-0.15, -0.1) is 0 Å². The molecule has 0 radical (unpaired) electrons. The summed E-state index contributed by atoms with van der Waals surface area (Å²) in [7, 11) is 0. The quantitative estimate of drug-likeness (QED) is 0.476. The maximum absolute atomic E-state index is 11.1. The molecule has 0 aliphatic carbocycles. The van der Waals surface area contributed by atoms with Crippen molar-refractivity contribution in [1.82, 2.24) is 0 Å². The van der Waals surface area contributed by atoms with E-state index in [9.17, 15) is 14.9 Å². The molecule has 0 heterocycles. The van der Waals surface area contributed by atoms with Gasteiger partial charge in [0.2, 0.25) is 0 Å². The van der Waals surface area contributed by atoms with E-state index in [1.54, 1.807) is 0 Å². The lowest BCUT2D eigenvalue weighted by Gasteiger charge is -2.01. The summed E-state index contributed by atoms with van der Waals surface area (Å²) >= 11 is 6.20. The van der Waals surface area contributed by atoms with Gasteiger partial charge in [-0.05, 0) is 35.0 Å². The molecular weight excluding hydrogens is 318 g/mol. The van der Waals surface area contributed by atoms with Crippen LogP contribution in [0.15, 0.2) is 21.1 Å². The van der Waals surface area contributed by atoms with Gasteiger partial charge in [-0.1, -0.05) is 15.9 Å². The fourth-order valence-electron chi connectivity index (χ4n) is 1.02. The number of ketones is 1. The molecule has 0 spiro atoms. The van der Waals surface area contributed by atoms with Crippen LogP contribution in [0, 0.1) is 10.1 Å². The number of hydrogen-bond donors (Lipinski definition) is 0. The van der Waals surface area contributed by atoms with Crippen LogP contribution in [0.3, 0.4) is 0 Å². The number of nitro groups is 1. The number of rotatable bonds is 2. The second-order valence-corrected chi connectivity index (χ2v) is 4.37. The van der Waals surface area contributed by atoms with Gasteiger partial charge in [0.25, 0.3) is 5.69 Å². The highest BCUT2D eigenvalue weighted by Gasteiger charge is 2.21. The van der Waals surface area contributed by atoms with Crippen molar-refractivity contribution in [3.05, 3.63) is 36.8 Å². The first-order valence-electron chi connectivity index (χ1n) is 3.58. The molecule has 0 saturated heterocycles. The Bertz CT molecular complexity index is 417. The highest BCUT2D eigenvalue weighted by atomic mass is 79.9. The highest BCUT2D eigenvalue weighted by molar-refractivity contribution is 9.11. The number of benzene rings is 1. The summed E-state index contributed by atoms with van der Waals surface area (Å²) in [4.78, 5) is 21.2. The van der Waals surface area contributed by atoms with Crippen LogP contribution in [0.5, 0.6) is 0 Å². The summed E-state index contributed by atoms with van der Waals surface area (Å²) in [5, 5.41) is 10.7. The first-order chi connectivity index (χ1) is 6.43. The minimum absolute atomic E-state index is 0.0938. The van der Waals surface area contributed by atoms with E-state index in [2.05, 4.69) is 31.9 Å². The summed E-state index contributed by atoms with van der Waals surface area (Å²) < 4.78 is 0.919. The summed E-state index contributed by atoms with van der Waals surface area (Å²) in [6.07, 6.45) is 0. The van der Waals surface area contributed by atoms with Crippen LogP contribution in [-0.2, 0) is 0 Å². The SMILES string of the molecule is CC(=O)c1cc(Br)cc(Br)c1[N+](=O)[O-]. The number of hydrogen-bond acceptors (Lipinski definition) is 3. The minimum Gasteiger partial charge on any atom is -0.294 e. The minimum atomic E-state index is -0.576. The molecule has 0 N–H and O–H groups in total. The molecule has 6 heteroatoms. The number of carbonyl (C=O) groups is 1. The normalized spacial score (nSPS) is 9.93. The van der Waals surface area contributed by atoms with Crippen molar-refractivity contribution in [3.63, 3.8) is 0 Å². The van der Waals surface area contributed by atoms with E-state index in [0.29, 0.717) is 8.95 Å². The van der Waals surface area contributed by atoms with Crippen LogP contribution in [0.1, 0.15) is 17.3 Å². The zero-order valence-corrected chi connectivity index (χ0v) is 10.3. The second-order valence-electron chi connectivity index (χ2n) is 2.60. The van der Waals surface area contributed by atoms with Crippen molar-refractivity contribution < 1.29 is 9.72 Å². The lowest BCUT2D eigenvalue weighted by molar-refractivity contribution is -0.385. The smallest absolute Gasteiger partial charge is 0.294 e. The van der Waals surface area contributed by atoms with E-state index in [1.165, 1.54) is 19.1 Å². The van der Waals surface area contributed by atoms with Crippen molar-refractivity contribution >= 4 is 43.3 Å². The number of halogens is 2. The van der Waals surface area contributed by atoms with Gasteiger partial charge in [-0.25, -0.2) is 0 Å². The van der Waals surface area contributed by atoms with E-state index in [0.717, 1.165) is 0 Å². The van der Waals surface area contributed by atoms with Gasteiger partial charge in [0.15, 0.2) is 5.78 Å². The fraction of sp³-hybridized carbons (Fsp3) is 0.125. The van der Waals surface area contributed by atoms with Crippen LogP contribution in [0.2, 0.25) is 0 Å². The Balaban J connectivity index is 3.52. The van der Waals surface area contributed by atoms with E-state index in [-0.39, 0.29) is 17.0 Å². The molecule has 1 aromatic rings. The van der Waals surface area contributed by atoms with Gasteiger partial charge in [0.05, 0.1) is 15.0 Å². The lowest BCUT2D eigenvalue weighted by atomic mass is 10.1. The fourth-order valence-corrected chi connectivity index (χ4v) is 2.39. The molecule has 74 valence electrons. The third-order valence-corrected chi connectivity index (χ3v) is 2.65. The molecule has 0 saturated carbocycles. The molecule has 0 atom stereocenters.